The average molecular weight is 199 g/mol. The van der Waals surface area contributed by atoms with Gasteiger partial charge in [-0.15, -0.1) is 0 Å². The zero-order valence-electron chi connectivity index (χ0n) is 7.14. The summed E-state index contributed by atoms with van der Waals surface area (Å²) in [6, 6.07) is 1.43. The van der Waals surface area contributed by atoms with Crippen LogP contribution in [0.1, 0.15) is 10.4 Å². The number of hydrogen-bond donors (Lipinski definition) is 3. The van der Waals surface area contributed by atoms with Gasteiger partial charge in [-0.3, -0.25) is 4.79 Å². The van der Waals surface area contributed by atoms with E-state index in [1.165, 1.54) is 18.6 Å². The smallest absolute Gasteiger partial charge is 0.334 e. The lowest BCUT2D eigenvalue weighted by molar-refractivity contribution is -0.146. The van der Waals surface area contributed by atoms with Crippen molar-refractivity contribution in [2.45, 2.75) is 6.10 Å². The minimum atomic E-state index is -1.59. The highest BCUT2D eigenvalue weighted by Gasteiger charge is 2.14. The fourth-order valence-electron chi connectivity index (χ4n) is 0.772. The summed E-state index contributed by atoms with van der Waals surface area (Å²) in [7, 11) is 0. The Morgan fingerprint density at radius 2 is 2.29 bits per heavy atom. The van der Waals surface area contributed by atoms with Gasteiger partial charge in [0.15, 0.2) is 6.10 Å². The van der Waals surface area contributed by atoms with E-state index in [0.717, 1.165) is 0 Å². The monoisotopic (exact) mass is 199 g/mol. The third-order valence-electron chi connectivity index (χ3n) is 1.52. The van der Waals surface area contributed by atoms with E-state index in [2.05, 4.69) is 9.73 Å². The van der Waals surface area contributed by atoms with Gasteiger partial charge in [0, 0.05) is 0 Å². The standard InChI is InChI=1S/C8H9NO5/c10-6(8(12)13)3-9-7(11)5-1-2-14-4-5/h1-2,4,6,10H,3H2,(H,9,11)(H,12,13)/t6-/m0/s1. The summed E-state index contributed by atoms with van der Waals surface area (Å²) in [6.45, 7) is -0.334. The van der Waals surface area contributed by atoms with Crippen molar-refractivity contribution in [2.24, 2.45) is 0 Å². The van der Waals surface area contributed by atoms with Gasteiger partial charge in [0.2, 0.25) is 0 Å². The molecule has 0 bridgehead atoms. The molecule has 3 N–H and O–H groups in total. The molecule has 0 spiro atoms. The summed E-state index contributed by atoms with van der Waals surface area (Å²) in [4.78, 5) is 21.3. The SMILES string of the molecule is O=C(NC[C@H](O)C(=O)O)c1ccoc1. The molecule has 76 valence electrons. The number of rotatable bonds is 4. The molecule has 0 aliphatic rings. The van der Waals surface area contributed by atoms with Crippen LogP contribution in [0.25, 0.3) is 0 Å². The summed E-state index contributed by atoms with van der Waals surface area (Å²) in [5.74, 6) is -1.86. The lowest BCUT2D eigenvalue weighted by Crippen LogP contribution is -2.36. The Balaban J connectivity index is 2.40. The van der Waals surface area contributed by atoms with Gasteiger partial charge in [0.05, 0.1) is 18.4 Å². The fraction of sp³-hybridized carbons (Fsp3) is 0.250. The predicted octanol–water partition coefficient (Wildman–Crippen LogP) is -0.545. The van der Waals surface area contributed by atoms with Crippen LogP contribution in [0.3, 0.4) is 0 Å². The maximum absolute atomic E-state index is 11.2. The van der Waals surface area contributed by atoms with Crippen molar-refractivity contribution in [3.05, 3.63) is 24.2 Å². The fourth-order valence-corrected chi connectivity index (χ4v) is 0.772. The van der Waals surface area contributed by atoms with E-state index in [4.69, 9.17) is 10.2 Å². The van der Waals surface area contributed by atoms with Crippen LogP contribution in [0, 0.1) is 0 Å². The lowest BCUT2D eigenvalue weighted by Gasteiger charge is -2.05. The largest absolute Gasteiger partial charge is 0.479 e. The molecule has 0 aliphatic heterocycles. The first kappa shape index (κ1) is 10.3. The van der Waals surface area contributed by atoms with E-state index < -0.39 is 18.0 Å². The van der Waals surface area contributed by atoms with E-state index in [1.807, 2.05) is 0 Å². The number of carbonyl (C=O) groups is 2. The number of aliphatic hydroxyl groups excluding tert-OH is 1. The number of aliphatic hydroxyl groups is 1. The molecule has 14 heavy (non-hydrogen) atoms. The molecule has 0 fully saturated rings. The highest BCUT2D eigenvalue weighted by molar-refractivity contribution is 5.94. The quantitative estimate of drug-likeness (QED) is 0.604. The van der Waals surface area contributed by atoms with Crippen LogP contribution in [0.5, 0.6) is 0 Å². The molecular formula is C8H9NO5. The van der Waals surface area contributed by atoms with Crippen LogP contribution in [-0.4, -0.2) is 34.7 Å². The first-order valence-electron chi connectivity index (χ1n) is 3.82. The van der Waals surface area contributed by atoms with Gasteiger partial charge < -0.3 is 19.9 Å². The van der Waals surface area contributed by atoms with Gasteiger partial charge in [0.1, 0.15) is 6.26 Å². The second-order valence-corrected chi connectivity index (χ2v) is 2.58. The molecule has 1 heterocycles. The summed E-state index contributed by atoms with van der Waals surface area (Å²) in [5, 5.41) is 19.4. The van der Waals surface area contributed by atoms with Gasteiger partial charge in [-0.2, -0.15) is 0 Å². The van der Waals surface area contributed by atoms with Crippen molar-refractivity contribution in [3.63, 3.8) is 0 Å². The van der Waals surface area contributed by atoms with Gasteiger partial charge in [-0.05, 0) is 6.07 Å². The van der Waals surface area contributed by atoms with Crippen LogP contribution in [0.15, 0.2) is 23.0 Å². The Morgan fingerprint density at radius 3 is 2.79 bits per heavy atom. The molecule has 6 heteroatoms. The lowest BCUT2D eigenvalue weighted by atomic mass is 10.3. The van der Waals surface area contributed by atoms with E-state index in [-0.39, 0.29) is 12.1 Å². The minimum Gasteiger partial charge on any atom is -0.479 e. The van der Waals surface area contributed by atoms with Gasteiger partial charge in [0.25, 0.3) is 5.91 Å². The second-order valence-electron chi connectivity index (χ2n) is 2.58. The van der Waals surface area contributed by atoms with Gasteiger partial charge >= 0.3 is 5.97 Å². The van der Waals surface area contributed by atoms with Crippen molar-refractivity contribution in [2.75, 3.05) is 6.54 Å². The molecule has 1 aromatic rings. The molecule has 0 aromatic carbocycles. The van der Waals surface area contributed by atoms with E-state index in [1.54, 1.807) is 0 Å². The molecule has 0 radical (unpaired) electrons. The number of amides is 1. The first-order valence-corrected chi connectivity index (χ1v) is 3.82. The molecule has 0 unspecified atom stereocenters. The van der Waals surface area contributed by atoms with Crippen LogP contribution in [0.2, 0.25) is 0 Å². The van der Waals surface area contributed by atoms with Crippen molar-refractivity contribution < 1.29 is 24.2 Å². The molecular weight excluding hydrogens is 190 g/mol. The summed E-state index contributed by atoms with van der Waals surface area (Å²) < 4.78 is 4.65. The molecule has 0 saturated heterocycles. The van der Waals surface area contributed by atoms with Crippen LogP contribution in [-0.2, 0) is 4.79 Å². The predicted molar refractivity (Wildman–Crippen MR) is 44.7 cm³/mol. The van der Waals surface area contributed by atoms with E-state index in [9.17, 15) is 9.59 Å². The Bertz CT molecular complexity index is 318. The maximum Gasteiger partial charge on any atom is 0.334 e. The zero-order valence-corrected chi connectivity index (χ0v) is 7.14. The number of carbonyl (C=O) groups excluding carboxylic acids is 1. The van der Waals surface area contributed by atoms with E-state index in [0.29, 0.717) is 0 Å². The Morgan fingerprint density at radius 1 is 1.57 bits per heavy atom. The number of furan rings is 1. The van der Waals surface area contributed by atoms with Crippen molar-refractivity contribution in [1.82, 2.24) is 5.32 Å². The second kappa shape index (κ2) is 4.43. The van der Waals surface area contributed by atoms with Crippen molar-refractivity contribution >= 4 is 11.9 Å². The molecule has 0 aliphatic carbocycles. The molecule has 6 nitrogen and oxygen atoms in total. The van der Waals surface area contributed by atoms with Gasteiger partial charge in [-0.1, -0.05) is 0 Å². The van der Waals surface area contributed by atoms with Crippen LogP contribution < -0.4 is 5.32 Å². The summed E-state index contributed by atoms with van der Waals surface area (Å²) in [6.07, 6.45) is 0.955. The number of carboxylic acids is 1. The average Bonchev–Trinajstić information content (AvgIpc) is 2.66. The summed E-state index contributed by atoms with van der Waals surface area (Å²) >= 11 is 0. The van der Waals surface area contributed by atoms with Gasteiger partial charge in [-0.25, -0.2) is 4.79 Å². The number of nitrogens with one attached hydrogen (secondary N) is 1. The van der Waals surface area contributed by atoms with Crippen molar-refractivity contribution in [3.8, 4) is 0 Å². The first-order chi connectivity index (χ1) is 6.61. The molecule has 0 saturated carbocycles. The van der Waals surface area contributed by atoms with Crippen LogP contribution in [0.4, 0.5) is 0 Å². The number of hydrogen-bond acceptors (Lipinski definition) is 4. The van der Waals surface area contributed by atoms with Crippen LogP contribution >= 0.6 is 0 Å². The third kappa shape index (κ3) is 2.60. The molecule has 1 amide bonds. The molecule has 1 atom stereocenters. The molecule has 1 aromatic heterocycles. The number of carboxylic acid groups (broad SMARTS) is 1. The Hall–Kier alpha value is -1.82. The number of aliphatic carboxylic acids is 1. The Kier molecular flexibility index (Phi) is 3.24. The zero-order chi connectivity index (χ0) is 10.6. The third-order valence-corrected chi connectivity index (χ3v) is 1.52. The highest BCUT2D eigenvalue weighted by Crippen LogP contribution is 1.98. The molecule has 1 rings (SSSR count). The summed E-state index contributed by atoms with van der Waals surface area (Å²) in [5.41, 5.74) is 0.280. The maximum atomic E-state index is 11.2. The van der Waals surface area contributed by atoms with Crippen molar-refractivity contribution in [1.29, 1.82) is 0 Å². The minimum absolute atomic E-state index is 0.280. The van der Waals surface area contributed by atoms with E-state index >= 15 is 0 Å². The Labute approximate surface area is 79.1 Å². The topological polar surface area (TPSA) is 99.8 Å². The highest BCUT2D eigenvalue weighted by atomic mass is 16.4. The normalized spacial score (nSPS) is 12.1.